The van der Waals surface area contributed by atoms with Gasteiger partial charge in [-0.25, -0.2) is 4.98 Å². The summed E-state index contributed by atoms with van der Waals surface area (Å²) >= 11 is 0. The number of anilines is 2. The van der Waals surface area contributed by atoms with E-state index in [0.717, 1.165) is 21.8 Å². The van der Waals surface area contributed by atoms with Crippen LogP contribution in [0.25, 0.3) is 17.4 Å². The van der Waals surface area contributed by atoms with E-state index in [1.54, 1.807) is 0 Å². The fourth-order valence-electron chi connectivity index (χ4n) is 3.75. The first-order valence-corrected chi connectivity index (χ1v) is 9.72. The van der Waals surface area contributed by atoms with Crippen LogP contribution in [0.3, 0.4) is 0 Å². The highest BCUT2D eigenvalue weighted by atomic mass is 19.1. The molecule has 0 saturated heterocycles. The van der Waals surface area contributed by atoms with Gasteiger partial charge < -0.3 is 15.2 Å². The van der Waals surface area contributed by atoms with Crippen LogP contribution in [-0.2, 0) is 0 Å². The number of rotatable bonds is 4. The number of halogens is 1. The van der Waals surface area contributed by atoms with Gasteiger partial charge in [-0.2, -0.15) is 14.4 Å². The van der Waals surface area contributed by atoms with Crippen LogP contribution in [0, 0.1) is 13.0 Å². The zero-order chi connectivity index (χ0) is 20.7. The Balaban J connectivity index is 1.59. The van der Waals surface area contributed by atoms with Crippen molar-refractivity contribution in [3.05, 3.63) is 77.1 Å². The Bertz CT molecular complexity index is 1330. The summed E-state index contributed by atoms with van der Waals surface area (Å²) in [5.74, 6) is 0.362. The fourth-order valence-corrected chi connectivity index (χ4v) is 3.75. The normalized spacial score (nSPS) is 16.5. The molecule has 2 unspecified atom stereocenters. The van der Waals surface area contributed by atoms with Crippen LogP contribution in [0.2, 0.25) is 0 Å². The molecule has 150 valence electrons. The number of hydrogen-bond donors (Lipinski definition) is 2. The third-order valence-electron chi connectivity index (χ3n) is 5.25. The molecule has 2 aromatic heterocycles. The van der Waals surface area contributed by atoms with Crippen LogP contribution < -0.4 is 20.8 Å². The third-order valence-corrected chi connectivity index (χ3v) is 5.25. The molecule has 2 aromatic carbocycles. The van der Waals surface area contributed by atoms with Gasteiger partial charge in [-0.1, -0.05) is 30.3 Å². The van der Waals surface area contributed by atoms with Gasteiger partial charge >= 0.3 is 6.08 Å². The van der Waals surface area contributed by atoms with Crippen molar-refractivity contribution in [2.75, 3.05) is 10.2 Å². The molecule has 4 aromatic rings. The van der Waals surface area contributed by atoms with Crippen molar-refractivity contribution in [2.24, 2.45) is 4.99 Å². The number of nitrogens with zero attached hydrogens (tertiary/aromatic N) is 5. The SMILES string of the molecule is Cc1cccc2c1=CN(c1ccccc1)C(C(C)Nc1nc(F)nc3nc[nH]c13)N=2. The molecule has 0 bridgehead atoms. The molecule has 2 atom stereocenters. The maximum atomic E-state index is 13.9. The van der Waals surface area contributed by atoms with Crippen LogP contribution in [0.1, 0.15) is 12.5 Å². The van der Waals surface area contributed by atoms with Gasteiger partial charge in [0.05, 0.1) is 17.7 Å². The van der Waals surface area contributed by atoms with Crippen LogP contribution >= 0.6 is 0 Å². The Morgan fingerprint density at radius 3 is 2.77 bits per heavy atom. The van der Waals surface area contributed by atoms with Crippen LogP contribution in [0.5, 0.6) is 0 Å². The van der Waals surface area contributed by atoms with Gasteiger partial charge in [0.15, 0.2) is 11.5 Å². The van der Waals surface area contributed by atoms with Crippen molar-refractivity contribution >= 4 is 28.9 Å². The van der Waals surface area contributed by atoms with Gasteiger partial charge in [-0.3, -0.25) is 4.99 Å². The second-order valence-corrected chi connectivity index (χ2v) is 7.30. The molecule has 30 heavy (non-hydrogen) atoms. The zero-order valence-corrected chi connectivity index (χ0v) is 16.5. The summed E-state index contributed by atoms with van der Waals surface area (Å²) in [4.78, 5) is 21.8. The molecule has 2 N–H and O–H groups in total. The summed E-state index contributed by atoms with van der Waals surface area (Å²) in [5.41, 5.74) is 3.03. The van der Waals surface area contributed by atoms with Gasteiger partial charge in [0, 0.05) is 17.1 Å². The van der Waals surface area contributed by atoms with Crippen molar-refractivity contribution in [3.63, 3.8) is 0 Å². The first kappa shape index (κ1) is 18.2. The molecule has 3 heterocycles. The molecular formula is C22H20FN7. The number of aromatic nitrogens is 4. The van der Waals surface area contributed by atoms with Gasteiger partial charge in [0.1, 0.15) is 11.7 Å². The number of benzene rings is 2. The van der Waals surface area contributed by atoms with E-state index in [9.17, 15) is 4.39 Å². The number of para-hydroxylation sites is 1. The second-order valence-electron chi connectivity index (χ2n) is 7.30. The smallest absolute Gasteiger partial charge is 0.312 e. The Morgan fingerprint density at radius 2 is 1.93 bits per heavy atom. The Labute approximate surface area is 172 Å². The van der Waals surface area contributed by atoms with Crippen LogP contribution in [-0.4, -0.2) is 32.1 Å². The van der Waals surface area contributed by atoms with Crippen molar-refractivity contribution in [3.8, 4) is 0 Å². The number of hydrogen-bond acceptors (Lipinski definition) is 6. The average Bonchev–Trinajstić information content (AvgIpc) is 3.22. The Kier molecular flexibility index (Phi) is 4.39. The van der Waals surface area contributed by atoms with Gasteiger partial charge in [-0.15, -0.1) is 0 Å². The zero-order valence-electron chi connectivity index (χ0n) is 16.5. The van der Waals surface area contributed by atoms with Gasteiger partial charge in [0.2, 0.25) is 0 Å². The standard InChI is InChI=1S/C22H20FN7/c1-13-7-6-10-17-16(13)11-30(15-8-4-3-5-9-15)21(27-17)14(2)26-20-18-19(25-12-24-18)28-22(23)29-20/h3-12,14,21H,1-2H3,(H2,24,25,26,28,29). The van der Waals surface area contributed by atoms with E-state index < -0.39 is 6.08 Å². The number of aryl methyl sites for hydroxylation is 1. The summed E-state index contributed by atoms with van der Waals surface area (Å²) in [5, 5.41) is 5.33. The largest absolute Gasteiger partial charge is 0.362 e. The van der Waals surface area contributed by atoms with Crippen molar-refractivity contribution in [1.82, 2.24) is 19.9 Å². The maximum absolute atomic E-state index is 13.9. The van der Waals surface area contributed by atoms with Gasteiger partial charge in [0.25, 0.3) is 0 Å². The first-order valence-electron chi connectivity index (χ1n) is 9.72. The summed E-state index contributed by atoms with van der Waals surface area (Å²) in [6.07, 6.45) is 2.51. The molecule has 0 aliphatic carbocycles. The topological polar surface area (TPSA) is 82.1 Å². The van der Waals surface area contributed by atoms with Gasteiger partial charge in [-0.05, 0) is 37.6 Å². The molecule has 5 rings (SSSR count). The molecule has 8 heteroatoms. The number of fused-ring (bicyclic) bond motifs is 2. The monoisotopic (exact) mass is 401 g/mol. The lowest BCUT2D eigenvalue weighted by Crippen LogP contribution is -2.49. The van der Waals surface area contributed by atoms with Crippen molar-refractivity contribution in [1.29, 1.82) is 0 Å². The van der Waals surface area contributed by atoms with Crippen LogP contribution in [0.15, 0.2) is 59.9 Å². The Morgan fingerprint density at radius 1 is 1.10 bits per heavy atom. The molecule has 7 nitrogen and oxygen atoms in total. The molecular weight excluding hydrogens is 381 g/mol. The number of aromatic amines is 1. The fraction of sp³-hybridized carbons (Fsp3) is 0.182. The minimum Gasteiger partial charge on any atom is -0.362 e. The quantitative estimate of drug-likeness (QED) is 0.514. The number of imidazole rings is 1. The predicted molar refractivity (Wildman–Crippen MR) is 114 cm³/mol. The first-order chi connectivity index (χ1) is 14.6. The molecule has 0 fully saturated rings. The lowest BCUT2D eigenvalue weighted by molar-refractivity contribution is 0.540. The second kappa shape index (κ2) is 7.22. The summed E-state index contributed by atoms with van der Waals surface area (Å²) in [6.45, 7) is 4.08. The average molecular weight is 401 g/mol. The summed E-state index contributed by atoms with van der Waals surface area (Å²) < 4.78 is 13.9. The lowest BCUT2D eigenvalue weighted by atomic mass is 10.1. The minimum absolute atomic E-state index is 0.198. The molecule has 0 spiro atoms. The minimum atomic E-state index is -0.822. The number of H-pyrrole nitrogens is 1. The van der Waals surface area contributed by atoms with E-state index in [1.165, 1.54) is 6.33 Å². The number of nitrogens with one attached hydrogen (secondary N) is 2. The van der Waals surface area contributed by atoms with Crippen molar-refractivity contribution < 1.29 is 4.39 Å². The van der Waals surface area contributed by atoms with E-state index in [-0.39, 0.29) is 17.9 Å². The Hall–Kier alpha value is -3.81. The summed E-state index contributed by atoms with van der Waals surface area (Å²) in [7, 11) is 0. The molecule has 0 amide bonds. The van der Waals surface area contributed by atoms with E-state index >= 15 is 0 Å². The van der Waals surface area contributed by atoms with E-state index in [0.29, 0.717) is 11.3 Å². The van der Waals surface area contributed by atoms with E-state index in [2.05, 4.69) is 49.3 Å². The maximum Gasteiger partial charge on any atom is 0.312 e. The molecule has 0 radical (unpaired) electrons. The predicted octanol–water partition coefficient (Wildman–Crippen LogP) is 2.50. The highest BCUT2D eigenvalue weighted by Gasteiger charge is 2.26. The third kappa shape index (κ3) is 3.16. The molecule has 0 saturated carbocycles. The molecule has 1 aliphatic rings. The van der Waals surface area contributed by atoms with Crippen LogP contribution in [0.4, 0.5) is 15.9 Å². The highest BCUT2D eigenvalue weighted by molar-refractivity contribution is 5.82. The summed E-state index contributed by atoms with van der Waals surface area (Å²) in [6, 6.07) is 16.0. The molecule has 1 aliphatic heterocycles. The lowest BCUT2D eigenvalue weighted by Gasteiger charge is -2.34. The van der Waals surface area contributed by atoms with E-state index in [4.69, 9.17) is 4.99 Å². The highest BCUT2D eigenvalue weighted by Crippen LogP contribution is 2.24. The van der Waals surface area contributed by atoms with Crippen molar-refractivity contribution in [2.45, 2.75) is 26.1 Å². The van der Waals surface area contributed by atoms with E-state index in [1.807, 2.05) is 49.4 Å².